The zero-order chi connectivity index (χ0) is 18.7. The summed E-state index contributed by atoms with van der Waals surface area (Å²) in [4.78, 5) is 7.21. The molecule has 3 aliphatic heterocycles. The van der Waals surface area contributed by atoms with Crippen LogP contribution in [0.25, 0.3) is 0 Å². The maximum absolute atomic E-state index is 14.1. The maximum Gasteiger partial charge on any atom is 0.129 e. The van der Waals surface area contributed by atoms with E-state index in [2.05, 4.69) is 16.4 Å². The molecular formula is C20H24F2N4O. The van der Waals surface area contributed by atoms with Crippen LogP contribution in [0.5, 0.6) is 0 Å². The van der Waals surface area contributed by atoms with Crippen LogP contribution in [-0.4, -0.2) is 33.1 Å². The Labute approximate surface area is 157 Å². The van der Waals surface area contributed by atoms with Crippen molar-refractivity contribution in [2.24, 2.45) is 5.73 Å². The Morgan fingerprint density at radius 2 is 2.11 bits per heavy atom. The fourth-order valence-electron chi connectivity index (χ4n) is 4.79. The third-order valence-corrected chi connectivity index (χ3v) is 6.30. The second kappa shape index (κ2) is 6.36. The third-order valence-electron chi connectivity index (χ3n) is 6.30. The summed E-state index contributed by atoms with van der Waals surface area (Å²) >= 11 is 0. The summed E-state index contributed by atoms with van der Waals surface area (Å²) in [5.41, 5.74) is 9.02. The first kappa shape index (κ1) is 17.3. The average Bonchev–Trinajstić information content (AvgIpc) is 3.30. The number of ether oxygens (including phenoxy) is 1. The number of nitrogens with two attached hydrogens (primary N) is 1. The molecule has 0 radical (unpaired) electrons. The van der Waals surface area contributed by atoms with Gasteiger partial charge in [-0.1, -0.05) is 6.92 Å². The van der Waals surface area contributed by atoms with Gasteiger partial charge in [0, 0.05) is 43.2 Å². The molecule has 1 unspecified atom stereocenters. The number of aromatic nitrogens is 2. The van der Waals surface area contributed by atoms with Crippen LogP contribution in [0, 0.1) is 11.6 Å². The van der Waals surface area contributed by atoms with Crippen molar-refractivity contribution in [1.29, 1.82) is 0 Å². The van der Waals surface area contributed by atoms with E-state index in [1.54, 1.807) is 0 Å². The minimum Gasteiger partial charge on any atom is -0.370 e. The number of hydrogen-bond acceptors (Lipinski definition) is 4. The second-order valence-electron chi connectivity index (χ2n) is 8.08. The quantitative estimate of drug-likeness (QED) is 0.878. The van der Waals surface area contributed by atoms with Gasteiger partial charge in [0.25, 0.3) is 0 Å². The summed E-state index contributed by atoms with van der Waals surface area (Å²) < 4.78 is 35.9. The highest BCUT2D eigenvalue weighted by Gasteiger charge is 2.39. The molecule has 0 spiro atoms. The first-order valence-corrected chi connectivity index (χ1v) is 9.65. The summed E-state index contributed by atoms with van der Waals surface area (Å²) in [5.74, 6) is 0.815. The predicted molar refractivity (Wildman–Crippen MR) is 95.9 cm³/mol. The molecule has 2 N–H and O–H groups in total. The highest BCUT2D eigenvalue weighted by atomic mass is 19.1. The van der Waals surface area contributed by atoms with E-state index in [4.69, 9.17) is 15.5 Å². The highest BCUT2D eigenvalue weighted by molar-refractivity contribution is 5.26. The van der Waals surface area contributed by atoms with Gasteiger partial charge in [-0.05, 0) is 31.0 Å². The lowest BCUT2D eigenvalue weighted by molar-refractivity contribution is -0.0535. The molecule has 0 amide bonds. The molecule has 2 aromatic rings. The summed E-state index contributed by atoms with van der Waals surface area (Å²) in [6, 6.07) is 3.23. The van der Waals surface area contributed by atoms with Crippen molar-refractivity contribution >= 4 is 0 Å². The number of nitrogens with zero attached hydrogens (tertiary/aromatic N) is 3. The fraction of sp³-hybridized carbons (Fsp3) is 0.550. The number of benzene rings is 1. The van der Waals surface area contributed by atoms with E-state index in [0.717, 1.165) is 38.2 Å². The number of rotatable bonds is 2. The molecule has 4 atom stereocenters. The molecule has 1 aromatic carbocycles. The molecule has 0 aliphatic carbocycles. The fourth-order valence-corrected chi connectivity index (χ4v) is 4.79. The van der Waals surface area contributed by atoms with Crippen LogP contribution < -0.4 is 5.73 Å². The molecule has 144 valence electrons. The van der Waals surface area contributed by atoms with Crippen LogP contribution in [-0.2, 0) is 24.4 Å². The van der Waals surface area contributed by atoms with Crippen LogP contribution in [0.3, 0.4) is 0 Å². The van der Waals surface area contributed by atoms with Crippen molar-refractivity contribution in [3.63, 3.8) is 0 Å². The Morgan fingerprint density at radius 3 is 2.93 bits per heavy atom. The molecule has 7 heteroatoms. The Bertz CT molecular complexity index is 883. The van der Waals surface area contributed by atoms with Crippen LogP contribution >= 0.6 is 0 Å². The standard InChI is InChI=1S/C20H24F2N4O/c1-11-4-5-26-18-9-25(8-17(18)24-20(11)26)13-7-16(23)19(27-10-13)14-6-12(21)2-3-15(14)22/h2-3,6,11,13,16,19H,4-5,7-10,23H2,1H3/t11?,13-,16+,19-/m1/s1. The molecule has 1 fully saturated rings. The van der Waals surface area contributed by atoms with Crippen molar-refractivity contribution in [3.05, 3.63) is 52.6 Å². The van der Waals surface area contributed by atoms with Crippen molar-refractivity contribution < 1.29 is 13.5 Å². The van der Waals surface area contributed by atoms with E-state index in [0.29, 0.717) is 18.9 Å². The van der Waals surface area contributed by atoms with Gasteiger partial charge in [0.15, 0.2) is 0 Å². The Hall–Kier alpha value is -1.83. The van der Waals surface area contributed by atoms with Crippen LogP contribution in [0.4, 0.5) is 8.78 Å². The normalized spacial score (nSPS) is 30.5. The number of hydrogen-bond donors (Lipinski definition) is 1. The smallest absolute Gasteiger partial charge is 0.129 e. The van der Waals surface area contributed by atoms with Gasteiger partial charge in [0.1, 0.15) is 23.6 Å². The van der Waals surface area contributed by atoms with E-state index in [1.165, 1.54) is 23.3 Å². The van der Waals surface area contributed by atoms with E-state index in [1.807, 2.05) is 0 Å². The SMILES string of the molecule is CC1CCn2c1nc1c2CN([C@H]2CO[C@H](c3cc(F)ccc3F)[C@@H](N)C2)C1. The van der Waals surface area contributed by atoms with Gasteiger partial charge in [0.05, 0.1) is 18.0 Å². The lowest BCUT2D eigenvalue weighted by Crippen LogP contribution is -2.47. The topological polar surface area (TPSA) is 56.3 Å². The van der Waals surface area contributed by atoms with E-state index >= 15 is 0 Å². The maximum atomic E-state index is 14.1. The van der Waals surface area contributed by atoms with Gasteiger partial charge >= 0.3 is 0 Å². The minimum atomic E-state index is -0.608. The molecule has 5 nitrogen and oxygen atoms in total. The summed E-state index contributed by atoms with van der Waals surface area (Å²) in [6.45, 7) is 5.41. The molecule has 3 aliphatic rings. The van der Waals surface area contributed by atoms with Crippen molar-refractivity contribution in [2.75, 3.05) is 6.61 Å². The minimum absolute atomic E-state index is 0.164. The van der Waals surface area contributed by atoms with Crippen molar-refractivity contribution in [3.8, 4) is 0 Å². The lowest BCUT2D eigenvalue weighted by Gasteiger charge is -2.38. The zero-order valence-electron chi connectivity index (χ0n) is 15.4. The molecule has 1 saturated heterocycles. The van der Waals surface area contributed by atoms with Gasteiger partial charge < -0.3 is 15.0 Å². The molecule has 1 aromatic heterocycles. The average molecular weight is 374 g/mol. The first-order valence-electron chi connectivity index (χ1n) is 9.65. The molecule has 0 bridgehead atoms. The van der Waals surface area contributed by atoms with Crippen LogP contribution in [0.2, 0.25) is 0 Å². The molecule has 4 heterocycles. The number of halogens is 2. The highest BCUT2D eigenvalue weighted by Crippen LogP contribution is 2.37. The van der Waals surface area contributed by atoms with E-state index < -0.39 is 17.7 Å². The van der Waals surface area contributed by atoms with Crippen LogP contribution in [0.15, 0.2) is 18.2 Å². The molecule has 0 saturated carbocycles. The van der Waals surface area contributed by atoms with E-state index in [9.17, 15) is 8.78 Å². The molecular weight excluding hydrogens is 350 g/mol. The summed E-state index contributed by atoms with van der Waals surface area (Å²) in [6.07, 6.45) is 1.24. The van der Waals surface area contributed by atoms with Crippen molar-refractivity contribution in [1.82, 2.24) is 14.5 Å². The number of fused-ring (bicyclic) bond motifs is 3. The number of imidazole rings is 1. The van der Waals surface area contributed by atoms with Crippen LogP contribution in [0.1, 0.15) is 54.6 Å². The summed E-state index contributed by atoms with van der Waals surface area (Å²) in [5, 5.41) is 0. The van der Waals surface area contributed by atoms with Crippen molar-refractivity contribution in [2.45, 2.75) is 63.5 Å². The largest absolute Gasteiger partial charge is 0.370 e. The van der Waals surface area contributed by atoms with E-state index in [-0.39, 0.29) is 17.6 Å². The Kier molecular flexibility index (Phi) is 4.07. The third kappa shape index (κ3) is 2.80. The molecule has 5 rings (SSSR count). The first-order chi connectivity index (χ1) is 13.0. The van der Waals surface area contributed by atoms with Gasteiger partial charge in [-0.3, -0.25) is 4.90 Å². The zero-order valence-corrected chi connectivity index (χ0v) is 15.4. The van der Waals surface area contributed by atoms with Gasteiger partial charge in [-0.25, -0.2) is 13.8 Å². The summed E-state index contributed by atoms with van der Waals surface area (Å²) in [7, 11) is 0. The van der Waals surface area contributed by atoms with Gasteiger partial charge in [0.2, 0.25) is 0 Å². The van der Waals surface area contributed by atoms with Gasteiger partial charge in [-0.15, -0.1) is 0 Å². The molecule has 27 heavy (non-hydrogen) atoms. The predicted octanol–water partition coefficient (Wildman–Crippen LogP) is 2.84. The lowest BCUT2D eigenvalue weighted by atomic mass is 9.93. The Balaban J connectivity index is 1.29. The second-order valence-corrected chi connectivity index (χ2v) is 8.08. The monoisotopic (exact) mass is 374 g/mol. The van der Waals surface area contributed by atoms with Gasteiger partial charge in [-0.2, -0.15) is 0 Å². The Morgan fingerprint density at radius 1 is 1.26 bits per heavy atom.